The molecule has 0 unspecified atom stereocenters. The van der Waals surface area contributed by atoms with Crippen LogP contribution in [0.25, 0.3) is 0 Å². The first-order valence-electron chi connectivity index (χ1n) is 17.0. The van der Waals surface area contributed by atoms with Gasteiger partial charge in [-0.3, -0.25) is 0 Å². The molecule has 0 bridgehead atoms. The Balaban J connectivity index is 1.32. The summed E-state index contributed by atoms with van der Waals surface area (Å²) in [6.07, 6.45) is -39.7. The third-order valence-electron chi connectivity index (χ3n) is 10.2. The molecule has 5 heterocycles. The summed E-state index contributed by atoms with van der Waals surface area (Å²) < 4.78 is 51.0. The van der Waals surface area contributed by atoms with Gasteiger partial charge in [-0.2, -0.15) is 0 Å². The van der Waals surface area contributed by atoms with Crippen LogP contribution in [0.1, 0.15) is 27.7 Å². The molecule has 304 valence electrons. The van der Waals surface area contributed by atoms with Crippen LogP contribution < -0.4 is 0 Å². The number of aliphatic hydroxyl groups excluding tert-OH is 13. The molecule has 5 rings (SSSR count). The number of rotatable bonds is 9. The lowest BCUT2D eigenvalue weighted by Gasteiger charge is -2.50. The van der Waals surface area contributed by atoms with Crippen molar-refractivity contribution in [3.8, 4) is 0 Å². The molecule has 0 aliphatic carbocycles. The standard InChI is InChI=1S/C30H52O22/c1-6-11(32)14(35)18(39)27(44-6)50-23-9(4)47-30(21(42)24(23)51-28-19(40)15(36)12(33)7(2)45-28)49-22-8(3)46-29(20(41)17(22)38)52-25-16(37)13(34)10(5-31)48-26(25)43/h6-43H,5H2,1-4H3/t6-,7-,8-,9-,10+,11-,12-,13+,14+,15+,16-,17-,18+,19+,20+,21+,22-,23-,24-,25+,26+,27-,28-,29-,30-/m0/s1. The van der Waals surface area contributed by atoms with Crippen LogP contribution in [0, 0.1) is 0 Å². The maximum atomic E-state index is 11.6. The highest BCUT2D eigenvalue weighted by molar-refractivity contribution is 4.98. The minimum Gasteiger partial charge on any atom is -0.394 e. The zero-order valence-corrected chi connectivity index (χ0v) is 28.6. The Morgan fingerprint density at radius 3 is 1.21 bits per heavy atom. The first-order chi connectivity index (χ1) is 24.4. The van der Waals surface area contributed by atoms with Gasteiger partial charge < -0.3 is 109 Å². The smallest absolute Gasteiger partial charge is 0.187 e. The fourth-order valence-electron chi connectivity index (χ4n) is 6.84. The number of hydrogen-bond donors (Lipinski definition) is 13. The Bertz CT molecular complexity index is 1140. The molecule has 0 aromatic rings. The first kappa shape index (κ1) is 42.3. The van der Waals surface area contributed by atoms with E-state index in [1.165, 1.54) is 27.7 Å². The van der Waals surface area contributed by atoms with Gasteiger partial charge in [-0.05, 0) is 27.7 Å². The van der Waals surface area contributed by atoms with E-state index in [0.717, 1.165) is 0 Å². The lowest BCUT2D eigenvalue weighted by molar-refractivity contribution is -0.398. The van der Waals surface area contributed by atoms with Crippen molar-refractivity contribution in [2.24, 2.45) is 0 Å². The van der Waals surface area contributed by atoms with Crippen LogP contribution in [0.5, 0.6) is 0 Å². The summed E-state index contributed by atoms with van der Waals surface area (Å²) in [7, 11) is 0. The topological polar surface area (TPSA) is 346 Å². The Hall–Kier alpha value is -0.880. The van der Waals surface area contributed by atoms with E-state index < -0.39 is 160 Å². The number of ether oxygens (including phenoxy) is 9. The maximum absolute atomic E-state index is 11.6. The third-order valence-corrected chi connectivity index (χ3v) is 10.2. The van der Waals surface area contributed by atoms with Crippen LogP contribution in [0.2, 0.25) is 0 Å². The van der Waals surface area contributed by atoms with Gasteiger partial charge in [-0.25, -0.2) is 0 Å². The SMILES string of the molecule is C[C@@H]1O[C@@H](O[C@@H]2[C@@H](O[C@@H]3O[C@@H](C)[C@H](O)[C@@H](O)[C@H]3O)[C@@H](O)[C@H](O[C@@H]3[C@@H](O)[C@@H](O)[C@H](O[C@@H]4[C@@H](O)[C@H](O)[C@@H](CO)O[C@H]4O)O[C@H]3C)O[C@H]2C)[C@H](O)[C@H](O)[C@H]1O. The van der Waals surface area contributed by atoms with Crippen molar-refractivity contribution in [3.05, 3.63) is 0 Å². The predicted molar refractivity (Wildman–Crippen MR) is 161 cm³/mol. The van der Waals surface area contributed by atoms with E-state index in [-0.39, 0.29) is 0 Å². The van der Waals surface area contributed by atoms with Crippen LogP contribution in [0.3, 0.4) is 0 Å². The van der Waals surface area contributed by atoms with Gasteiger partial charge in [0.15, 0.2) is 31.5 Å². The highest BCUT2D eigenvalue weighted by Gasteiger charge is 2.56. The molecule has 5 saturated heterocycles. The molecule has 25 atom stereocenters. The van der Waals surface area contributed by atoms with Crippen molar-refractivity contribution >= 4 is 0 Å². The summed E-state index contributed by atoms with van der Waals surface area (Å²) in [6.45, 7) is 4.90. The molecule has 0 aromatic heterocycles. The van der Waals surface area contributed by atoms with Gasteiger partial charge in [0, 0.05) is 0 Å². The van der Waals surface area contributed by atoms with Gasteiger partial charge in [-0.15, -0.1) is 0 Å². The number of hydrogen-bond acceptors (Lipinski definition) is 22. The van der Waals surface area contributed by atoms with Gasteiger partial charge in [-0.1, -0.05) is 0 Å². The normalized spacial score (nSPS) is 56.4. The van der Waals surface area contributed by atoms with Crippen molar-refractivity contribution in [1.82, 2.24) is 0 Å². The van der Waals surface area contributed by atoms with Crippen LogP contribution in [0.4, 0.5) is 0 Å². The Morgan fingerprint density at radius 2 is 0.712 bits per heavy atom. The molecule has 22 nitrogen and oxygen atoms in total. The minimum absolute atomic E-state index is 0.729. The summed E-state index contributed by atoms with van der Waals surface area (Å²) in [5.74, 6) is 0. The molecule has 0 radical (unpaired) electrons. The van der Waals surface area contributed by atoms with Crippen molar-refractivity contribution in [2.45, 2.75) is 181 Å². The Morgan fingerprint density at radius 1 is 0.346 bits per heavy atom. The van der Waals surface area contributed by atoms with Crippen molar-refractivity contribution in [2.75, 3.05) is 6.61 Å². The van der Waals surface area contributed by atoms with Crippen molar-refractivity contribution in [3.63, 3.8) is 0 Å². The van der Waals surface area contributed by atoms with E-state index in [0.29, 0.717) is 0 Å². The second-order valence-corrected chi connectivity index (χ2v) is 13.9. The molecule has 52 heavy (non-hydrogen) atoms. The highest BCUT2D eigenvalue weighted by atomic mass is 16.8. The lowest BCUT2D eigenvalue weighted by Crippen LogP contribution is -2.67. The second-order valence-electron chi connectivity index (χ2n) is 13.9. The fourth-order valence-corrected chi connectivity index (χ4v) is 6.84. The minimum atomic E-state index is -1.93. The predicted octanol–water partition coefficient (Wildman–Crippen LogP) is -7.81. The van der Waals surface area contributed by atoms with Crippen LogP contribution in [-0.2, 0) is 42.6 Å². The van der Waals surface area contributed by atoms with E-state index in [4.69, 9.17) is 42.6 Å². The van der Waals surface area contributed by atoms with Crippen LogP contribution in [-0.4, -0.2) is 227 Å². The average molecular weight is 765 g/mol. The summed E-state index contributed by atoms with van der Waals surface area (Å²) >= 11 is 0. The summed E-state index contributed by atoms with van der Waals surface area (Å²) in [6, 6.07) is 0. The van der Waals surface area contributed by atoms with Crippen molar-refractivity contribution < 1.29 is 109 Å². The number of aliphatic hydroxyl groups is 13. The lowest BCUT2D eigenvalue weighted by atomic mass is 9.95. The zero-order valence-electron chi connectivity index (χ0n) is 28.6. The molecule has 0 amide bonds. The van der Waals surface area contributed by atoms with Gasteiger partial charge >= 0.3 is 0 Å². The molecule has 5 fully saturated rings. The quantitative estimate of drug-likeness (QED) is 0.104. The van der Waals surface area contributed by atoms with Crippen LogP contribution in [0.15, 0.2) is 0 Å². The molecule has 0 aromatic carbocycles. The largest absolute Gasteiger partial charge is 0.394 e. The molecule has 0 spiro atoms. The van der Waals surface area contributed by atoms with Gasteiger partial charge in [0.2, 0.25) is 0 Å². The molecule has 5 aliphatic rings. The first-order valence-corrected chi connectivity index (χ1v) is 17.0. The van der Waals surface area contributed by atoms with E-state index in [1.54, 1.807) is 0 Å². The molecule has 22 heteroatoms. The third kappa shape index (κ3) is 8.29. The van der Waals surface area contributed by atoms with Crippen LogP contribution >= 0.6 is 0 Å². The van der Waals surface area contributed by atoms with E-state index in [9.17, 15) is 66.4 Å². The molecule has 13 N–H and O–H groups in total. The van der Waals surface area contributed by atoms with Gasteiger partial charge in [0.25, 0.3) is 0 Å². The summed E-state index contributed by atoms with van der Waals surface area (Å²) in [5, 5.41) is 136. The molecule has 5 aliphatic heterocycles. The van der Waals surface area contributed by atoms with Crippen molar-refractivity contribution in [1.29, 1.82) is 0 Å². The fraction of sp³-hybridized carbons (Fsp3) is 1.00. The highest BCUT2D eigenvalue weighted by Crippen LogP contribution is 2.36. The summed E-state index contributed by atoms with van der Waals surface area (Å²) in [5.41, 5.74) is 0. The van der Waals surface area contributed by atoms with Gasteiger partial charge in [0.1, 0.15) is 97.7 Å². The Labute approximate surface area is 297 Å². The Kier molecular flexibility index (Phi) is 13.9. The average Bonchev–Trinajstić information content (AvgIpc) is 3.10. The maximum Gasteiger partial charge on any atom is 0.187 e. The molecular formula is C30H52O22. The molecule has 0 saturated carbocycles. The molecular weight excluding hydrogens is 712 g/mol. The van der Waals surface area contributed by atoms with Gasteiger partial charge in [0.05, 0.1) is 31.0 Å². The zero-order chi connectivity index (χ0) is 38.5. The second kappa shape index (κ2) is 17.1. The monoisotopic (exact) mass is 764 g/mol. The summed E-state index contributed by atoms with van der Waals surface area (Å²) in [4.78, 5) is 0. The van der Waals surface area contributed by atoms with E-state index in [1.807, 2.05) is 0 Å². The van der Waals surface area contributed by atoms with E-state index in [2.05, 4.69) is 0 Å². The van der Waals surface area contributed by atoms with E-state index >= 15 is 0 Å².